The van der Waals surface area contributed by atoms with E-state index < -0.39 is 53.0 Å². The maximum absolute atomic E-state index is 10.7. The summed E-state index contributed by atoms with van der Waals surface area (Å²) in [5.41, 5.74) is -11.3. The maximum atomic E-state index is 10.7. The van der Waals surface area contributed by atoms with Gasteiger partial charge in [0.1, 0.15) is 0 Å². The molecule has 6 nitrogen and oxygen atoms in total. The Morgan fingerprint density at radius 2 is 0.657 bits per heavy atom. The van der Waals surface area contributed by atoms with Gasteiger partial charge in [0.2, 0.25) is 0 Å². The molecule has 3 aromatic rings. The second kappa shape index (κ2) is 12.8. The average molecular weight is 738 g/mol. The first-order valence-corrected chi connectivity index (χ1v) is 17.0. The van der Waals surface area contributed by atoms with Crippen LogP contribution in [0.15, 0.2) is 91.0 Å². The monoisotopic (exact) mass is 738 g/mol. The number of halogens is 6. The molecule has 15 heteroatoms. The van der Waals surface area contributed by atoms with Crippen molar-refractivity contribution >= 4 is 51.8 Å². The fourth-order valence-electron chi connectivity index (χ4n) is 2.18. The predicted octanol–water partition coefficient (Wildman–Crippen LogP) is 2.31. The number of benzene rings is 3. The molecule has 0 aliphatic carbocycles. The van der Waals surface area contributed by atoms with Crippen molar-refractivity contribution in [1.82, 2.24) is 0 Å². The van der Waals surface area contributed by atoms with E-state index in [0.717, 1.165) is 0 Å². The first-order chi connectivity index (χ1) is 15.9. The molecule has 0 unspecified atom stereocenters. The van der Waals surface area contributed by atoms with Gasteiger partial charge in [-0.25, -0.2) is 16.8 Å². The summed E-state index contributed by atoms with van der Waals surface area (Å²) in [6, 6.07) is 33.0. The molecule has 0 fully saturated rings. The van der Waals surface area contributed by atoms with Crippen LogP contribution in [0.5, 0.6) is 0 Å². The third kappa shape index (κ3) is 10.6. The second-order valence-corrected chi connectivity index (χ2v) is 17.5. The summed E-state index contributed by atoms with van der Waals surface area (Å²) < 4.78 is 122. The molecule has 3 rings (SSSR count). The van der Waals surface area contributed by atoms with Crippen LogP contribution in [0, 0.1) is 0 Å². The van der Waals surface area contributed by atoms with Gasteiger partial charge in [0.25, 0.3) is 0 Å². The molecule has 0 saturated heterocycles. The Balaban J connectivity index is 0.000000320. The Morgan fingerprint density at radius 1 is 0.486 bits per heavy atom. The zero-order chi connectivity index (χ0) is 26.9. The molecule has 3 aromatic carbocycles. The SMILES string of the molecule is O=S(=O)([O-])C(F)(F)F.O=S(=O)([O-])C(F)(F)F.c1cc[c]([Bi+2]([c]2ccccc2)[c]2ccccc2)cc1. The van der Waals surface area contributed by atoms with Crippen molar-refractivity contribution in [2.75, 3.05) is 0 Å². The van der Waals surface area contributed by atoms with Crippen LogP contribution in [0.3, 0.4) is 0 Å². The van der Waals surface area contributed by atoms with Gasteiger partial charge in [0, 0.05) is 0 Å². The zero-order valence-electron chi connectivity index (χ0n) is 17.1. The summed E-state index contributed by atoms with van der Waals surface area (Å²) in [7, 11) is -12.2. The van der Waals surface area contributed by atoms with Gasteiger partial charge < -0.3 is 9.11 Å². The van der Waals surface area contributed by atoms with Gasteiger partial charge in [-0.15, -0.1) is 0 Å². The van der Waals surface area contributed by atoms with Crippen molar-refractivity contribution in [2.45, 2.75) is 11.0 Å². The van der Waals surface area contributed by atoms with E-state index in [2.05, 4.69) is 91.0 Å². The van der Waals surface area contributed by atoms with Crippen molar-refractivity contribution < 1.29 is 52.3 Å². The van der Waals surface area contributed by atoms with Crippen molar-refractivity contribution in [1.29, 1.82) is 0 Å². The zero-order valence-corrected chi connectivity index (χ0v) is 22.3. The first-order valence-electron chi connectivity index (χ1n) is 8.95. The van der Waals surface area contributed by atoms with Crippen LogP contribution in [0.4, 0.5) is 26.3 Å². The van der Waals surface area contributed by atoms with E-state index in [9.17, 15) is 26.3 Å². The van der Waals surface area contributed by atoms with Crippen molar-refractivity contribution in [3.8, 4) is 0 Å². The molecule has 0 aliphatic rings. The Hall–Kier alpha value is -2.06. The Kier molecular flexibility index (Phi) is 11.3. The molecule has 0 radical (unpaired) electrons. The van der Waals surface area contributed by atoms with Crippen molar-refractivity contribution in [3.05, 3.63) is 91.0 Å². The Morgan fingerprint density at radius 3 is 0.800 bits per heavy atom. The van der Waals surface area contributed by atoms with Gasteiger partial charge in [0.05, 0.1) is 0 Å². The van der Waals surface area contributed by atoms with E-state index in [1.807, 2.05) is 0 Å². The number of alkyl halides is 6. The van der Waals surface area contributed by atoms with Gasteiger partial charge in [-0.05, 0) is 0 Å². The van der Waals surface area contributed by atoms with Crippen LogP contribution in [-0.4, -0.2) is 58.7 Å². The third-order valence-corrected chi connectivity index (χ3v) is 14.2. The minimum atomic E-state index is -6.09. The predicted molar refractivity (Wildman–Crippen MR) is 115 cm³/mol. The van der Waals surface area contributed by atoms with Crippen LogP contribution in [0.25, 0.3) is 0 Å². The Labute approximate surface area is 205 Å². The topological polar surface area (TPSA) is 114 Å². The van der Waals surface area contributed by atoms with E-state index in [-0.39, 0.29) is 0 Å². The van der Waals surface area contributed by atoms with E-state index in [4.69, 9.17) is 25.9 Å². The summed E-state index contributed by atoms with van der Waals surface area (Å²) in [5, 5.41) is 0. The van der Waals surface area contributed by atoms with Gasteiger partial charge in [0.15, 0.2) is 20.2 Å². The summed E-state index contributed by atoms with van der Waals surface area (Å²) in [6.45, 7) is 0. The van der Waals surface area contributed by atoms with Crippen LogP contribution in [-0.2, 0) is 20.2 Å². The molecule has 35 heavy (non-hydrogen) atoms. The molecule has 0 aliphatic heterocycles. The summed E-state index contributed by atoms with van der Waals surface area (Å²) in [5.74, 6) is 0. The molecule has 0 heterocycles. The normalized spacial score (nSPS) is 11.9. The molecule has 0 N–H and O–H groups in total. The quantitative estimate of drug-likeness (QED) is 0.177. The van der Waals surface area contributed by atoms with E-state index in [0.29, 0.717) is 0 Å². The molecule has 0 atom stereocenters. The molecular weight excluding hydrogens is 723 g/mol. The van der Waals surface area contributed by atoms with Gasteiger partial charge in [-0.2, -0.15) is 26.3 Å². The van der Waals surface area contributed by atoms with Crippen LogP contribution >= 0.6 is 0 Å². The van der Waals surface area contributed by atoms with Crippen LogP contribution < -0.4 is 9.81 Å². The average Bonchev–Trinajstić information content (AvgIpc) is 2.74. The van der Waals surface area contributed by atoms with E-state index >= 15 is 0 Å². The molecule has 0 amide bonds. The first kappa shape index (κ1) is 31.0. The molecule has 0 saturated carbocycles. The number of rotatable bonds is 3. The fourth-order valence-corrected chi connectivity index (χ4v) is 11.1. The minimum absolute atomic E-state index is 1.54. The van der Waals surface area contributed by atoms with Crippen molar-refractivity contribution in [2.24, 2.45) is 0 Å². The van der Waals surface area contributed by atoms with E-state index in [1.54, 1.807) is 0 Å². The van der Waals surface area contributed by atoms with Crippen molar-refractivity contribution in [3.63, 3.8) is 0 Å². The second-order valence-electron chi connectivity index (χ2n) is 6.14. The Bertz CT molecular complexity index is 1120. The molecule has 0 bridgehead atoms. The summed E-state index contributed by atoms with van der Waals surface area (Å²) >= 11 is -2.06. The molecular formula is C20H15BiF6O6S2. The summed E-state index contributed by atoms with van der Waals surface area (Å²) in [4.78, 5) is 0. The van der Waals surface area contributed by atoms with Crippen LogP contribution in [0.2, 0.25) is 0 Å². The molecule has 0 spiro atoms. The summed E-state index contributed by atoms with van der Waals surface area (Å²) in [6.07, 6.45) is 0. The number of hydrogen-bond donors (Lipinski definition) is 0. The van der Waals surface area contributed by atoms with E-state index in [1.165, 1.54) is 9.81 Å². The third-order valence-electron chi connectivity index (χ3n) is 3.61. The van der Waals surface area contributed by atoms with Gasteiger partial charge >= 0.3 is 134 Å². The fraction of sp³-hybridized carbons (Fsp3) is 0.100. The van der Waals surface area contributed by atoms with Crippen LogP contribution in [0.1, 0.15) is 0 Å². The van der Waals surface area contributed by atoms with Gasteiger partial charge in [-0.3, -0.25) is 0 Å². The number of hydrogen-bond acceptors (Lipinski definition) is 6. The molecule has 0 aromatic heterocycles. The van der Waals surface area contributed by atoms with Gasteiger partial charge in [-0.1, -0.05) is 0 Å². The molecule has 190 valence electrons. The standard InChI is InChI=1S/3C6H5.2CHF3O3S.Bi/c3*1-2-4-6-5-3-1;2*2-1(3,4)8(5,6)7;/h3*1-5H;2*(H,5,6,7);/q;;;;;+2/p-2.